The third-order valence-corrected chi connectivity index (χ3v) is 6.48. The fourth-order valence-corrected chi connectivity index (χ4v) is 5.16. The van der Waals surface area contributed by atoms with E-state index in [9.17, 15) is 8.42 Å². The second-order valence-corrected chi connectivity index (χ2v) is 9.76. The summed E-state index contributed by atoms with van der Waals surface area (Å²) >= 11 is 1.33. The van der Waals surface area contributed by atoms with Gasteiger partial charge in [-0.3, -0.25) is 0 Å². The van der Waals surface area contributed by atoms with Crippen LogP contribution in [0.25, 0.3) is 22.0 Å². The third kappa shape index (κ3) is 4.72. The molecule has 0 bridgehead atoms. The van der Waals surface area contributed by atoms with Crippen molar-refractivity contribution in [1.29, 1.82) is 0 Å². The zero-order chi connectivity index (χ0) is 22.2. The highest BCUT2D eigenvalue weighted by Gasteiger charge is 2.28. The topological polar surface area (TPSA) is 119 Å². The SMILES string of the molecule is CNc1cc(-c2nc(-c3cccc4c3CCC4NS(N)(=O)=O)ns2)ccc1OC(C)C. The van der Waals surface area contributed by atoms with Gasteiger partial charge in [0, 0.05) is 24.2 Å². The van der Waals surface area contributed by atoms with Gasteiger partial charge in [0.2, 0.25) is 0 Å². The molecular formula is C21H25N5O3S2. The summed E-state index contributed by atoms with van der Waals surface area (Å²) in [5.41, 5.74) is 4.75. The summed E-state index contributed by atoms with van der Waals surface area (Å²) in [5.74, 6) is 1.43. The number of ether oxygens (including phenoxy) is 1. The molecule has 2 aromatic carbocycles. The van der Waals surface area contributed by atoms with E-state index in [1.54, 1.807) is 0 Å². The summed E-state index contributed by atoms with van der Waals surface area (Å²) in [6, 6.07) is 11.4. The van der Waals surface area contributed by atoms with Crippen molar-refractivity contribution in [3.05, 3.63) is 47.5 Å². The molecule has 0 radical (unpaired) electrons. The normalized spacial score (nSPS) is 15.8. The van der Waals surface area contributed by atoms with Gasteiger partial charge in [-0.05, 0) is 67.5 Å². The molecule has 31 heavy (non-hydrogen) atoms. The van der Waals surface area contributed by atoms with Crippen LogP contribution in [-0.2, 0) is 16.6 Å². The van der Waals surface area contributed by atoms with Gasteiger partial charge in [0.25, 0.3) is 10.2 Å². The van der Waals surface area contributed by atoms with Gasteiger partial charge in [-0.2, -0.15) is 17.5 Å². The van der Waals surface area contributed by atoms with Gasteiger partial charge in [-0.15, -0.1) is 0 Å². The summed E-state index contributed by atoms with van der Waals surface area (Å²) in [4.78, 5) is 4.77. The van der Waals surface area contributed by atoms with Gasteiger partial charge >= 0.3 is 0 Å². The third-order valence-electron chi connectivity index (χ3n) is 5.10. The molecule has 0 amide bonds. The van der Waals surface area contributed by atoms with Crippen LogP contribution in [0.1, 0.15) is 37.4 Å². The lowest BCUT2D eigenvalue weighted by Crippen LogP contribution is -2.33. The molecule has 0 saturated carbocycles. The minimum Gasteiger partial charge on any atom is -0.489 e. The molecular weight excluding hydrogens is 434 g/mol. The summed E-state index contributed by atoms with van der Waals surface area (Å²) in [5, 5.41) is 9.15. The van der Waals surface area contributed by atoms with Gasteiger partial charge in [0.05, 0.1) is 11.8 Å². The molecule has 1 unspecified atom stereocenters. The van der Waals surface area contributed by atoms with Crippen LogP contribution in [0.2, 0.25) is 0 Å². The van der Waals surface area contributed by atoms with Crippen LogP contribution in [-0.4, -0.2) is 30.9 Å². The monoisotopic (exact) mass is 459 g/mol. The lowest BCUT2D eigenvalue weighted by Gasteiger charge is -2.14. The van der Waals surface area contributed by atoms with Crippen LogP contribution >= 0.6 is 11.5 Å². The Kier molecular flexibility index (Phi) is 5.98. The Balaban J connectivity index is 1.65. The fraction of sp³-hybridized carbons (Fsp3) is 0.333. The minimum atomic E-state index is -3.77. The minimum absolute atomic E-state index is 0.0823. The molecule has 8 nitrogen and oxygen atoms in total. The number of anilines is 1. The van der Waals surface area contributed by atoms with E-state index in [0.717, 1.165) is 45.1 Å². The van der Waals surface area contributed by atoms with Gasteiger partial charge in [-0.1, -0.05) is 18.2 Å². The number of hydrogen-bond acceptors (Lipinski definition) is 7. The molecule has 3 aromatic rings. The summed E-state index contributed by atoms with van der Waals surface area (Å²) in [6.07, 6.45) is 1.47. The van der Waals surface area contributed by atoms with Crippen molar-refractivity contribution in [2.24, 2.45) is 5.14 Å². The summed E-state index contributed by atoms with van der Waals surface area (Å²) in [6.45, 7) is 3.98. The number of nitrogens with one attached hydrogen (secondary N) is 2. The molecule has 1 aliphatic carbocycles. The van der Waals surface area contributed by atoms with Crippen molar-refractivity contribution >= 4 is 27.4 Å². The first kappa shape index (κ1) is 21.7. The van der Waals surface area contributed by atoms with E-state index in [4.69, 9.17) is 14.9 Å². The van der Waals surface area contributed by atoms with Crippen LogP contribution in [0, 0.1) is 0 Å². The molecule has 4 rings (SSSR count). The number of benzene rings is 2. The number of hydrogen-bond donors (Lipinski definition) is 3. The predicted octanol–water partition coefficient (Wildman–Crippen LogP) is 3.48. The maximum atomic E-state index is 11.5. The molecule has 1 aliphatic rings. The number of rotatable bonds is 7. The first-order valence-electron chi connectivity index (χ1n) is 10.00. The zero-order valence-corrected chi connectivity index (χ0v) is 19.2. The highest BCUT2D eigenvalue weighted by Crippen LogP contribution is 2.39. The second kappa shape index (κ2) is 8.54. The van der Waals surface area contributed by atoms with E-state index < -0.39 is 10.2 Å². The standard InChI is InChI=1S/C21H25N5O3S2/c1-12(2)29-19-10-7-13(11-18(19)23-3)21-24-20(25-30-21)16-6-4-5-15-14(16)8-9-17(15)26-31(22,27)28/h4-7,10-12,17,23,26H,8-9H2,1-3H3,(H2,22,27,28). The fourth-order valence-electron chi connectivity index (χ4n) is 3.85. The highest BCUT2D eigenvalue weighted by molar-refractivity contribution is 7.87. The van der Waals surface area contributed by atoms with Crippen molar-refractivity contribution in [2.45, 2.75) is 38.8 Å². The van der Waals surface area contributed by atoms with E-state index in [1.807, 2.05) is 57.3 Å². The number of nitrogens with zero attached hydrogens (tertiary/aromatic N) is 2. The number of fused-ring (bicyclic) bond motifs is 1. The molecule has 0 saturated heterocycles. The van der Waals surface area contributed by atoms with Crippen LogP contribution in [0.15, 0.2) is 36.4 Å². The molecule has 164 valence electrons. The van der Waals surface area contributed by atoms with Gasteiger partial charge in [0.15, 0.2) is 5.82 Å². The molecule has 1 aromatic heterocycles. The molecule has 0 fully saturated rings. The van der Waals surface area contributed by atoms with E-state index in [0.29, 0.717) is 12.2 Å². The molecule has 4 N–H and O–H groups in total. The Morgan fingerprint density at radius 2 is 2.06 bits per heavy atom. The van der Waals surface area contributed by atoms with Crippen molar-refractivity contribution in [1.82, 2.24) is 14.1 Å². The van der Waals surface area contributed by atoms with Crippen LogP contribution < -0.4 is 19.9 Å². The quantitative estimate of drug-likeness (QED) is 0.498. The zero-order valence-electron chi connectivity index (χ0n) is 17.5. The largest absolute Gasteiger partial charge is 0.489 e. The van der Waals surface area contributed by atoms with Crippen LogP contribution in [0.5, 0.6) is 5.75 Å². The predicted molar refractivity (Wildman–Crippen MR) is 123 cm³/mol. The summed E-state index contributed by atoms with van der Waals surface area (Å²) < 4.78 is 35.9. The maximum absolute atomic E-state index is 11.5. The molecule has 1 heterocycles. The highest BCUT2D eigenvalue weighted by atomic mass is 32.2. The van der Waals surface area contributed by atoms with Gasteiger partial charge in [0.1, 0.15) is 10.8 Å². The first-order chi connectivity index (χ1) is 14.7. The lowest BCUT2D eigenvalue weighted by atomic mass is 10.0. The Hall–Kier alpha value is -2.53. The smallest absolute Gasteiger partial charge is 0.274 e. The van der Waals surface area contributed by atoms with E-state index in [2.05, 4.69) is 14.4 Å². The lowest BCUT2D eigenvalue weighted by molar-refractivity contribution is 0.244. The summed E-state index contributed by atoms with van der Waals surface area (Å²) in [7, 11) is -1.91. The van der Waals surface area contributed by atoms with Crippen molar-refractivity contribution < 1.29 is 13.2 Å². The van der Waals surface area contributed by atoms with Crippen molar-refractivity contribution in [2.75, 3.05) is 12.4 Å². The number of nitrogens with two attached hydrogens (primary N) is 1. The van der Waals surface area contributed by atoms with E-state index >= 15 is 0 Å². The van der Waals surface area contributed by atoms with Crippen molar-refractivity contribution in [3.63, 3.8) is 0 Å². The maximum Gasteiger partial charge on any atom is 0.274 e. The average molecular weight is 460 g/mol. The first-order valence-corrected chi connectivity index (χ1v) is 12.3. The molecule has 1 atom stereocenters. The van der Waals surface area contributed by atoms with Gasteiger partial charge < -0.3 is 10.1 Å². The molecule has 0 aliphatic heterocycles. The second-order valence-electron chi connectivity index (χ2n) is 7.68. The van der Waals surface area contributed by atoms with Gasteiger partial charge in [-0.25, -0.2) is 10.1 Å². The molecule has 0 spiro atoms. The Morgan fingerprint density at radius 1 is 1.26 bits per heavy atom. The Bertz CT molecular complexity index is 1210. The van der Waals surface area contributed by atoms with Crippen LogP contribution in [0.4, 0.5) is 5.69 Å². The average Bonchev–Trinajstić information content (AvgIpc) is 3.34. The Labute approximate surface area is 186 Å². The van der Waals surface area contributed by atoms with Crippen molar-refractivity contribution in [3.8, 4) is 27.7 Å². The van der Waals surface area contributed by atoms with E-state index in [1.165, 1.54) is 11.5 Å². The Morgan fingerprint density at radius 3 is 2.77 bits per heavy atom. The number of aromatic nitrogens is 2. The van der Waals surface area contributed by atoms with E-state index in [-0.39, 0.29) is 12.1 Å². The van der Waals surface area contributed by atoms with Crippen LogP contribution in [0.3, 0.4) is 0 Å². The molecule has 10 heteroatoms.